The minimum absolute atomic E-state index is 0.296. The van der Waals surface area contributed by atoms with Crippen LogP contribution in [-0.2, 0) is 6.54 Å². The molecule has 0 saturated carbocycles. The van der Waals surface area contributed by atoms with Crippen LogP contribution in [0.4, 0.5) is 0 Å². The van der Waals surface area contributed by atoms with E-state index in [1.807, 2.05) is 6.20 Å². The fourth-order valence-electron chi connectivity index (χ4n) is 3.04. The zero-order valence-corrected chi connectivity index (χ0v) is 14.3. The van der Waals surface area contributed by atoms with Crippen LogP contribution >= 0.6 is 11.3 Å². The van der Waals surface area contributed by atoms with E-state index in [1.165, 1.54) is 11.4 Å². The Balaban J connectivity index is 2.10. The van der Waals surface area contributed by atoms with Crippen LogP contribution in [-0.4, -0.2) is 35.1 Å². The Morgan fingerprint density at radius 1 is 1.50 bits per heavy atom. The molecule has 4 heteroatoms. The molecule has 1 aliphatic rings. The third-order valence-electron chi connectivity index (χ3n) is 4.60. The standard InChI is InChI=1S/C16H29N3S/c1-6-12(2)13-10-19(11-15-17-7-8-20-15)14(9-18-13)16(3,4)5/h7-8,12-14,18H,6,9-11H2,1-5H3. The van der Waals surface area contributed by atoms with Gasteiger partial charge in [-0.1, -0.05) is 41.0 Å². The van der Waals surface area contributed by atoms with Gasteiger partial charge in [-0.05, 0) is 11.3 Å². The van der Waals surface area contributed by atoms with Crippen molar-refractivity contribution in [2.45, 2.75) is 59.7 Å². The predicted molar refractivity (Wildman–Crippen MR) is 87.0 cm³/mol. The van der Waals surface area contributed by atoms with Gasteiger partial charge in [0.2, 0.25) is 0 Å². The molecule has 1 saturated heterocycles. The third-order valence-corrected chi connectivity index (χ3v) is 5.36. The SMILES string of the molecule is CCC(C)C1CN(Cc2nccs2)C(C(C)(C)C)CN1. The average Bonchev–Trinajstić information content (AvgIpc) is 2.89. The van der Waals surface area contributed by atoms with Crippen LogP contribution in [0.5, 0.6) is 0 Å². The Hall–Kier alpha value is -0.450. The number of thiazole rings is 1. The largest absolute Gasteiger partial charge is 0.311 e. The first kappa shape index (κ1) is 15.9. The minimum Gasteiger partial charge on any atom is -0.311 e. The van der Waals surface area contributed by atoms with Crippen LogP contribution in [0.2, 0.25) is 0 Å². The van der Waals surface area contributed by atoms with Gasteiger partial charge in [-0.15, -0.1) is 11.3 Å². The van der Waals surface area contributed by atoms with Crippen molar-refractivity contribution in [2.24, 2.45) is 11.3 Å². The molecule has 20 heavy (non-hydrogen) atoms. The zero-order chi connectivity index (χ0) is 14.8. The first-order chi connectivity index (χ1) is 9.41. The molecule has 2 heterocycles. The summed E-state index contributed by atoms with van der Waals surface area (Å²) in [5.74, 6) is 0.731. The molecule has 0 amide bonds. The van der Waals surface area contributed by atoms with E-state index in [2.05, 4.69) is 55.2 Å². The maximum Gasteiger partial charge on any atom is 0.107 e. The summed E-state index contributed by atoms with van der Waals surface area (Å²) in [5.41, 5.74) is 0.296. The summed E-state index contributed by atoms with van der Waals surface area (Å²) >= 11 is 1.77. The van der Waals surface area contributed by atoms with E-state index in [0.29, 0.717) is 17.5 Å². The van der Waals surface area contributed by atoms with Gasteiger partial charge in [0.1, 0.15) is 5.01 Å². The lowest BCUT2D eigenvalue weighted by atomic mass is 9.82. The van der Waals surface area contributed by atoms with Crippen molar-refractivity contribution in [3.63, 3.8) is 0 Å². The molecule has 0 radical (unpaired) electrons. The molecule has 3 atom stereocenters. The van der Waals surface area contributed by atoms with Crippen LogP contribution in [0, 0.1) is 11.3 Å². The summed E-state index contributed by atoms with van der Waals surface area (Å²) in [6.45, 7) is 14.9. The molecule has 1 N–H and O–H groups in total. The molecule has 0 spiro atoms. The van der Waals surface area contributed by atoms with Crippen molar-refractivity contribution in [2.75, 3.05) is 13.1 Å². The van der Waals surface area contributed by atoms with Gasteiger partial charge in [0.15, 0.2) is 0 Å². The van der Waals surface area contributed by atoms with Crippen LogP contribution in [0.25, 0.3) is 0 Å². The number of nitrogens with one attached hydrogen (secondary N) is 1. The second kappa shape index (κ2) is 6.54. The van der Waals surface area contributed by atoms with E-state index < -0.39 is 0 Å². The lowest BCUT2D eigenvalue weighted by Gasteiger charge is -2.47. The fourth-order valence-corrected chi connectivity index (χ4v) is 3.68. The van der Waals surface area contributed by atoms with E-state index in [0.717, 1.165) is 25.6 Å². The molecule has 0 aromatic carbocycles. The zero-order valence-electron chi connectivity index (χ0n) is 13.5. The van der Waals surface area contributed by atoms with E-state index in [1.54, 1.807) is 11.3 Å². The molecular formula is C16H29N3S. The molecule has 0 bridgehead atoms. The van der Waals surface area contributed by atoms with Crippen molar-refractivity contribution in [1.29, 1.82) is 0 Å². The van der Waals surface area contributed by atoms with Crippen molar-refractivity contribution in [3.05, 3.63) is 16.6 Å². The minimum atomic E-state index is 0.296. The van der Waals surface area contributed by atoms with Crippen molar-refractivity contribution >= 4 is 11.3 Å². The second-order valence-corrected chi connectivity index (χ2v) is 8.12. The Morgan fingerprint density at radius 3 is 2.80 bits per heavy atom. The lowest BCUT2D eigenvalue weighted by Crippen LogP contribution is -2.61. The normalized spacial score (nSPS) is 26.6. The van der Waals surface area contributed by atoms with Gasteiger partial charge in [-0.2, -0.15) is 0 Å². The van der Waals surface area contributed by atoms with Gasteiger partial charge < -0.3 is 5.32 Å². The summed E-state index contributed by atoms with van der Waals surface area (Å²) in [4.78, 5) is 7.12. The number of nitrogens with zero attached hydrogens (tertiary/aromatic N) is 2. The number of piperazine rings is 1. The van der Waals surface area contributed by atoms with Gasteiger partial charge in [-0.25, -0.2) is 4.98 Å². The van der Waals surface area contributed by atoms with E-state index in [9.17, 15) is 0 Å². The van der Waals surface area contributed by atoms with E-state index >= 15 is 0 Å². The highest BCUT2D eigenvalue weighted by atomic mass is 32.1. The average molecular weight is 295 g/mol. The lowest BCUT2D eigenvalue weighted by molar-refractivity contribution is 0.0378. The molecule has 3 unspecified atom stereocenters. The monoisotopic (exact) mass is 295 g/mol. The summed E-state index contributed by atoms with van der Waals surface area (Å²) < 4.78 is 0. The van der Waals surface area contributed by atoms with Gasteiger partial charge >= 0.3 is 0 Å². The molecule has 0 aliphatic carbocycles. The quantitative estimate of drug-likeness (QED) is 0.923. The summed E-state index contributed by atoms with van der Waals surface area (Å²) in [6, 6.07) is 1.19. The third kappa shape index (κ3) is 3.80. The first-order valence-corrected chi connectivity index (χ1v) is 8.65. The van der Waals surface area contributed by atoms with Gasteiger partial charge in [0, 0.05) is 36.8 Å². The highest BCUT2D eigenvalue weighted by Crippen LogP contribution is 2.29. The Labute approximate surface area is 127 Å². The molecule has 2 rings (SSSR count). The molecule has 1 aromatic rings. The topological polar surface area (TPSA) is 28.2 Å². The van der Waals surface area contributed by atoms with Crippen molar-refractivity contribution < 1.29 is 0 Å². The number of aromatic nitrogens is 1. The van der Waals surface area contributed by atoms with Crippen LogP contribution in [0.1, 0.15) is 46.0 Å². The fraction of sp³-hybridized carbons (Fsp3) is 0.812. The van der Waals surface area contributed by atoms with Crippen molar-refractivity contribution in [1.82, 2.24) is 15.2 Å². The van der Waals surface area contributed by atoms with Gasteiger partial charge in [0.25, 0.3) is 0 Å². The summed E-state index contributed by atoms with van der Waals surface area (Å²) in [5, 5.41) is 7.10. The maximum atomic E-state index is 4.47. The van der Waals surface area contributed by atoms with Gasteiger partial charge in [0.05, 0.1) is 6.54 Å². The molecule has 1 fully saturated rings. The molecule has 1 aliphatic heterocycles. The van der Waals surface area contributed by atoms with Crippen molar-refractivity contribution in [3.8, 4) is 0 Å². The van der Waals surface area contributed by atoms with Crippen LogP contribution < -0.4 is 5.32 Å². The summed E-state index contributed by atoms with van der Waals surface area (Å²) in [7, 11) is 0. The second-order valence-electron chi connectivity index (χ2n) is 7.14. The highest BCUT2D eigenvalue weighted by Gasteiger charge is 2.36. The molecular weight excluding hydrogens is 266 g/mol. The van der Waals surface area contributed by atoms with E-state index in [4.69, 9.17) is 0 Å². The molecule has 114 valence electrons. The molecule has 3 nitrogen and oxygen atoms in total. The predicted octanol–water partition coefficient (Wildman–Crippen LogP) is 3.38. The van der Waals surface area contributed by atoms with Crippen LogP contribution in [0.15, 0.2) is 11.6 Å². The number of hydrogen-bond donors (Lipinski definition) is 1. The maximum absolute atomic E-state index is 4.47. The Morgan fingerprint density at radius 2 is 2.25 bits per heavy atom. The summed E-state index contributed by atoms with van der Waals surface area (Å²) in [6.07, 6.45) is 3.16. The smallest absolute Gasteiger partial charge is 0.107 e. The van der Waals surface area contributed by atoms with Crippen LogP contribution in [0.3, 0.4) is 0 Å². The number of hydrogen-bond acceptors (Lipinski definition) is 4. The Bertz CT molecular complexity index is 396. The Kier molecular flexibility index (Phi) is 5.21. The number of rotatable bonds is 4. The first-order valence-electron chi connectivity index (χ1n) is 7.77. The highest BCUT2D eigenvalue weighted by molar-refractivity contribution is 7.09. The van der Waals surface area contributed by atoms with E-state index in [-0.39, 0.29) is 0 Å². The molecule has 1 aromatic heterocycles. The van der Waals surface area contributed by atoms with Gasteiger partial charge in [-0.3, -0.25) is 4.90 Å².